The van der Waals surface area contributed by atoms with Crippen molar-refractivity contribution in [2.24, 2.45) is 0 Å². The number of aromatic nitrogens is 2. The number of hydrogen-bond acceptors (Lipinski definition) is 5. The van der Waals surface area contributed by atoms with E-state index in [1.807, 2.05) is 19.1 Å². The lowest BCUT2D eigenvalue weighted by Gasteiger charge is -2.35. The van der Waals surface area contributed by atoms with Crippen LogP contribution in [0.25, 0.3) is 22.0 Å². The molecule has 0 saturated carbocycles. The maximum absolute atomic E-state index is 11.8. The molecule has 156 valence electrons. The Kier molecular flexibility index (Phi) is 6.23. The van der Waals surface area contributed by atoms with E-state index in [0.29, 0.717) is 12.2 Å². The van der Waals surface area contributed by atoms with E-state index < -0.39 is 0 Å². The molecule has 1 aliphatic heterocycles. The molecule has 1 saturated heterocycles. The van der Waals surface area contributed by atoms with Crippen LogP contribution < -0.4 is 10.2 Å². The number of pyridine rings is 2. The summed E-state index contributed by atoms with van der Waals surface area (Å²) < 4.78 is 0. The Morgan fingerprint density at radius 3 is 2.57 bits per heavy atom. The Morgan fingerprint density at radius 2 is 1.87 bits per heavy atom. The summed E-state index contributed by atoms with van der Waals surface area (Å²) in [6.45, 7) is 9.38. The molecule has 1 aliphatic rings. The summed E-state index contributed by atoms with van der Waals surface area (Å²) in [6, 6.07) is 14.4. The SMILES string of the molecule is CCCC(=O)Nc1ccc(-c2cc3ccccc3c(N3CCN(CC)CC3)n2)cn1. The van der Waals surface area contributed by atoms with Gasteiger partial charge < -0.3 is 15.1 Å². The summed E-state index contributed by atoms with van der Waals surface area (Å²) in [6.07, 6.45) is 3.11. The number of benzene rings is 1. The third-order valence-electron chi connectivity index (χ3n) is 5.64. The summed E-state index contributed by atoms with van der Waals surface area (Å²) in [5.74, 6) is 1.61. The third kappa shape index (κ3) is 4.44. The highest BCUT2D eigenvalue weighted by Crippen LogP contribution is 2.30. The molecule has 0 aliphatic carbocycles. The van der Waals surface area contributed by atoms with Crippen molar-refractivity contribution in [1.82, 2.24) is 14.9 Å². The predicted octanol–water partition coefficient (Wildman–Crippen LogP) is 4.18. The molecule has 4 rings (SSSR count). The largest absolute Gasteiger partial charge is 0.354 e. The lowest BCUT2D eigenvalue weighted by molar-refractivity contribution is -0.116. The Bertz CT molecular complexity index is 1010. The molecule has 6 nitrogen and oxygen atoms in total. The maximum Gasteiger partial charge on any atom is 0.225 e. The minimum atomic E-state index is -0.00455. The van der Waals surface area contributed by atoms with Gasteiger partial charge in [0.2, 0.25) is 5.91 Å². The number of likely N-dealkylation sites (N-methyl/N-ethyl adjacent to an activating group) is 1. The van der Waals surface area contributed by atoms with Crippen LogP contribution in [-0.4, -0.2) is 53.5 Å². The van der Waals surface area contributed by atoms with E-state index >= 15 is 0 Å². The second-order valence-corrected chi connectivity index (χ2v) is 7.70. The molecule has 3 aromatic rings. The van der Waals surface area contributed by atoms with Gasteiger partial charge in [0.1, 0.15) is 11.6 Å². The van der Waals surface area contributed by atoms with E-state index in [1.54, 1.807) is 6.20 Å². The Balaban J connectivity index is 1.64. The highest BCUT2D eigenvalue weighted by Gasteiger charge is 2.19. The summed E-state index contributed by atoms with van der Waals surface area (Å²) in [4.78, 5) is 26.1. The van der Waals surface area contributed by atoms with Gasteiger partial charge in [-0.2, -0.15) is 0 Å². The van der Waals surface area contributed by atoms with Crippen LogP contribution >= 0.6 is 0 Å². The smallest absolute Gasteiger partial charge is 0.225 e. The first-order valence-electron chi connectivity index (χ1n) is 10.8. The molecule has 6 heteroatoms. The second-order valence-electron chi connectivity index (χ2n) is 7.70. The molecule has 0 unspecified atom stereocenters. The van der Waals surface area contributed by atoms with Crippen LogP contribution in [0.1, 0.15) is 26.7 Å². The Hall–Kier alpha value is -2.99. The first-order valence-corrected chi connectivity index (χ1v) is 10.8. The zero-order valence-electron chi connectivity index (χ0n) is 17.8. The molecular formula is C24H29N5O. The summed E-state index contributed by atoms with van der Waals surface area (Å²) >= 11 is 0. The van der Waals surface area contributed by atoms with Crippen LogP contribution in [0.2, 0.25) is 0 Å². The summed E-state index contributed by atoms with van der Waals surface area (Å²) in [5, 5.41) is 5.20. The zero-order valence-corrected chi connectivity index (χ0v) is 17.8. The van der Waals surface area contributed by atoms with Crippen molar-refractivity contribution in [2.45, 2.75) is 26.7 Å². The van der Waals surface area contributed by atoms with Crippen molar-refractivity contribution >= 4 is 28.3 Å². The van der Waals surface area contributed by atoms with Gasteiger partial charge >= 0.3 is 0 Å². The van der Waals surface area contributed by atoms with Gasteiger partial charge in [-0.3, -0.25) is 4.79 Å². The minimum Gasteiger partial charge on any atom is -0.354 e. The summed E-state index contributed by atoms with van der Waals surface area (Å²) in [7, 11) is 0. The van der Waals surface area contributed by atoms with Crippen LogP contribution in [0.5, 0.6) is 0 Å². The predicted molar refractivity (Wildman–Crippen MR) is 123 cm³/mol. The van der Waals surface area contributed by atoms with Gasteiger partial charge in [0.25, 0.3) is 0 Å². The number of anilines is 2. The number of hydrogen-bond donors (Lipinski definition) is 1. The fourth-order valence-electron chi connectivity index (χ4n) is 3.90. The molecule has 0 atom stereocenters. The monoisotopic (exact) mass is 403 g/mol. The molecule has 3 heterocycles. The van der Waals surface area contributed by atoms with Crippen molar-refractivity contribution in [1.29, 1.82) is 0 Å². The fraction of sp³-hybridized carbons (Fsp3) is 0.375. The number of carbonyl (C=O) groups excluding carboxylic acids is 1. The number of carbonyl (C=O) groups is 1. The third-order valence-corrected chi connectivity index (χ3v) is 5.64. The molecule has 1 aromatic carbocycles. The molecule has 2 aromatic heterocycles. The molecule has 30 heavy (non-hydrogen) atoms. The van der Waals surface area contributed by atoms with Crippen LogP contribution in [0.3, 0.4) is 0 Å². The molecular weight excluding hydrogens is 374 g/mol. The van der Waals surface area contributed by atoms with Crippen molar-refractivity contribution in [2.75, 3.05) is 42.9 Å². The van der Waals surface area contributed by atoms with E-state index in [0.717, 1.165) is 56.2 Å². The van der Waals surface area contributed by atoms with E-state index in [2.05, 4.69) is 57.4 Å². The van der Waals surface area contributed by atoms with Gasteiger partial charge in [-0.05, 0) is 36.6 Å². The lowest BCUT2D eigenvalue weighted by atomic mass is 10.1. The van der Waals surface area contributed by atoms with Gasteiger partial charge in [0, 0.05) is 49.7 Å². The van der Waals surface area contributed by atoms with Crippen LogP contribution in [0, 0.1) is 0 Å². The molecule has 0 radical (unpaired) electrons. The van der Waals surface area contributed by atoms with Crippen molar-refractivity contribution in [3.63, 3.8) is 0 Å². The van der Waals surface area contributed by atoms with E-state index in [1.165, 1.54) is 10.8 Å². The van der Waals surface area contributed by atoms with Crippen LogP contribution in [0.15, 0.2) is 48.7 Å². The fourth-order valence-corrected chi connectivity index (χ4v) is 3.90. The van der Waals surface area contributed by atoms with Crippen LogP contribution in [-0.2, 0) is 4.79 Å². The molecule has 0 spiro atoms. The van der Waals surface area contributed by atoms with Gasteiger partial charge in [0.15, 0.2) is 0 Å². The van der Waals surface area contributed by atoms with Gasteiger partial charge in [0.05, 0.1) is 5.69 Å². The molecule has 1 fully saturated rings. The highest BCUT2D eigenvalue weighted by atomic mass is 16.1. The van der Waals surface area contributed by atoms with Crippen molar-refractivity contribution < 1.29 is 4.79 Å². The molecule has 0 bridgehead atoms. The van der Waals surface area contributed by atoms with E-state index in [4.69, 9.17) is 4.98 Å². The maximum atomic E-state index is 11.8. The topological polar surface area (TPSA) is 61.4 Å². The highest BCUT2D eigenvalue weighted by molar-refractivity contribution is 5.95. The minimum absolute atomic E-state index is 0.00455. The quantitative estimate of drug-likeness (QED) is 0.669. The van der Waals surface area contributed by atoms with Crippen LogP contribution in [0.4, 0.5) is 11.6 Å². The van der Waals surface area contributed by atoms with Crippen molar-refractivity contribution in [3.05, 3.63) is 48.7 Å². The van der Waals surface area contributed by atoms with E-state index in [9.17, 15) is 4.79 Å². The van der Waals surface area contributed by atoms with Gasteiger partial charge in [-0.15, -0.1) is 0 Å². The first kappa shape index (κ1) is 20.3. The standard InChI is InChI=1S/C24H29N5O/c1-3-7-23(30)27-22-11-10-19(17-25-22)21-16-18-8-5-6-9-20(18)24(26-21)29-14-12-28(4-2)13-15-29/h5-6,8-11,16-17H,3-4,7,12-15H2,1-2H3,(H,25,27,30). The van der Waals surface area contributed by atoms with E-state index in [-0.39, 0.29) is 5.91 Å². The average Bonchev–Trinajstić information content (AvgIpc) is 2.79. The first-order chi connectivity index (χ1) is 14.7. The number of nitrogens with zero attached hydrogens (tertiary/aromatic N) is 4. The van der Waals surface area contributed by atoms with Crippen molar-refractivity contribution in [3.8, 4) is 11.3 Å². The number of nitrogens with one attached hydrogen (secondary N) is 1. The van der Waals surface area contributed by atoms with Gasteiger partial charge in [-0.1, -0.05) is 38.1 Å². The lowest BCUT2D eigenvalue weighted by Crippen LogP contribution is -2.46. The number of amides is 1. The molecule has 1 amide bonds. The zero-order chi connectivity index (χ0) is 20.9. The normalized spacial score (nSPS) is 14.8. The Morgan fingerprint density at radius 1 is 1.07 bits per heavy atom. The molecule has 1 N–H and O–H groups in total. The number of piperazine rings is 1. The van der Waals surface area contributed by atoms with Gasteiger partial charge in [-0.25, -0.2) is 9.97 Å². The summed E-state index contributed by atoms with van der Waals surface area (Å²) in [5.41, 5.74) is 1.85. The average molecular weight is 404 g/mol. The number of fused-ring (bicyclic) bond motifs is 1. The Labute approximate surface area is 177 Å². The second kappa shape index (κ2) is 9.22. The number of rotatable bonds is 6.